The molecule has 0 saturated heterocycles. The van der Waals surface area contributed by atoms with E-state index in [1.165, 1.54) is 0 Å². The first kappa shape index (κ1) is 12.8. The zero-order valence-electron chi connectivity index (χ0n) is 8.83. The molecule has 0 saturated carbocycles. The van der Waals surface area contributed by atoms with Gasteiger partial charge in [0.25, 0.3) is 0 Å². The highest BCUT2D eigenvalue weighted by atomic mass is 35.5. The third-order valence-corrected chi connectivity index (χ3v) is 3.73. The molecule has 15 heavy (non-hydrogen) atoms. The van der Waals surface area contributed by atoms with Crippen LogP contribution < -0.4 is 5.32 Å². The number of hydrogen-bond donors (Lipinski definition) is 2. The molecule has 84 valence electrons. The van der Waals surface area contributed by atoms with E-state index >= 15 is 0 Å². The summed E-state index contributed by atoms with van der Waals surface area (Å²) in [5, 5.41) is 13.8. The van der Waals surface area contributed by atoms with Gasteiger partial charge < -0.3 is 10.4 Å². The van der Waals surface area contributed by atoms with Crippen LogP contribution in [-0.4, -0.2) is 35.0 Å². The predicted molar refractivity (Wildman–Crippen MR) is 64.5 cm³/mol. The molecule has 5 heteroatoms. The maximum Gasteiger partial charge on any atom is 0.0961 e. The van der Waals surface area contributed by atoms with Crippen molar-refractivity contribution in [3.63, 3.8) is 0 Å². The van der Waals surface area contributed by atoms with Crippen molar-refractivity contribution < 1.29 is 5.11 Å². The number of nitrogens with zero attached hydrogens (tertiary/aromatic N) is 1. The van der Waals surface area contributed by atoms with Crippen LogP contribution in [0.5, 0.6) is 0 Å². The van der Waals surface area contributed by atoms with Gasteiger partial charge in [0.05, 0.1) is 16.7 Å². The van der Waals surface area contributed by atoms with E-state index in [-0.39, 0.29) is 12.1 Å². The summed E-state index contributed by atoms with van der Waals surface area (Å²) >= 11 is 7.33. The van der Waals surface area contributed by atoms with E-state index in [2.05, 4.69) is 10.3 Å². The number of aromatic nitrogens is 1. The molecule has 0 bridgehead atoms. The van der Waals surface area contributed by atoms with Gasteiger partial charge in [0.2, 0.25) is 0 Å². The minimum Gasteiger partial charge on any atom is -0.394 e. The van der Waals surface area contributed by atoms with Gasteiger partial charge in [0, 0.05) is 17.5 Å². The Balaban J connectivity index is 2.53. The van der Waals surface area contributed by atoms with Crippen LogP contribution in [-0.2, 0) is 0 Å². The van der Waals surface area contributed by atoms with Crippen LogP contribution in [0.3, 0.4) is 0 Å². The monoisotopic (exact) mass is 246 g/mol. The molecule has 0 amide bonds. The van der Waals surface area contributed by atoms with E-state index in [4.69, 9.17) is 11.6 Å². The van der Waals surface area contributed by atoms with Gasteiger partial charge in [-0.25, -0.2) is 4.98 Å². The number of aliphatic hydroxyl groups excluding tert-OH is 1. The van der Waals surface area contributed by atoms with Crippen molar-refractivity contribution in [3.05, 3.63) is 23.4 Å². The fraction of sp³-hybridized carbons (Fsp3) is 0.500. The Bertz CT molecular complexity index is 301. The van der Waals surface area contributed by atoms with Gasteiger partial charge >= 0.3 is 0 Å². The van der Waals surface area contributed by atoms with Gasteiger partial charge in [-0.05, 0) is 26.1 Å². The number of aliphatic hydroxyl groups is 1. The van der Waals surface area contributed by atoms with Crippen LogP contribution in [0.4, 0.5) is 0 Å². The molecule has 0 fully saturated rings. The molecule has 0 aliphatic rings. The molecule has 1 atom stereocenters. The fourth-order valence-corrected chi connectivity index (χ4v) is 1.98. The molecule has 1 heterocycles. The van der Waals surface area contributed by atoms with Crippen molar-refractivity contribution in [2.75, 3.05) is 19.4 Å². The molecule has 1 aromatic rings. The molecule has 0 spiro atoms. The number of pyridine rings is 1. The van der Waals surface area contributed by atoms with Crippen molar-refractivity contribution in [2.45, 2.75) is 17.5 Å². The number of halogens is 1. The Kier molecular flexibility index (Phi) is 4.86. The molecule has 0 aliphatic carbocycles. The Morgan fingerprint density at radius 1 is 1.60 bits per heavy atom. The Morgan fingerprint density at radius 2 is 2.33 bits per heavy atom. The molecular formula is C10H15ClN2OS. The first-order valence-corrected chi connectivity index (χ1v) is 6.00. The number of rotatable bonds is 5. The van der Waals surface area contributed by atoms with E-state index in [0.717, 1.165) is 10.8 Å². The largest absolute Gasteiger partial charge is 0.394 e. The second-order valence-electron chi connectivity index (χ2n) is 3.57. The van der Waals surface area contributed by atoms with Crippen LogP contribution in [0.1, 0.15) is 6.92 Å². The Morgan fingerprint density at radius 3 is 2.80 bits per heavy atom. The van der Waals surface area contributed by atoms with E-state index in [0.29, 0.717) is 5.02 Å². The van der Waals surface area contributed by atoms with E-state index in [9.17, 15) is 5.11 Å². The summed E-state index contributed by atoms with van der Waals surface area (Å²) in [5.74, 6) is 0.759. The highest BCUT2D eigenvalue weighted by Crippen LogP contribution is 2.21. The lowest BCUT2D eigenvalue weighted by molar-refractivity contribution is 0.200. The highest BCUT2D eigenvalue weighted by molar-refractivity contribution is 7.99. The van der Waals surface area contributed by atoms with E-state index < -0.39 is 0 Å². The maximum atomic E-state index is 9.19. The Labute approximate surface area is 99.2 Å². The third kappa shape index (κ3) is 3.99. The van der Waals surface area contributed by atoms with Crippen molar-refractivity contribution in [1.29, 1.82) is 0 Å². The first-order chi connectivity index (χ1) is 7.09. The zero-order valence-corrected chi connectivity index (χ0v) is 10.4. The SMILES string of the molecule is CNC(C)(CO)CSc1ccc(Cl)cn1. The number of likely N-dealkylation sites (N-methyl/N-ethyl adjacent to an activating group) is 1. The average molecular weight is 247 g/mol. The second-order valence-corrected chi connectivity index (χ2v) is 5.00. The maximum absolute atomic E-state index is 9.19. The molecule has 0 aliphatic heterocycles. The summed E-state index contributed by atoms with van der Waals surface area (Å²) in [6.45, 7) is 2.07. The summed E-state index contributed by atoms with van der Waals surface area (Å²) in [4.78, 5) is 4.17. The molecule has 0 radical (unpaired) electrons. The van der Waals surface area contributed by atoms with E-state index in [1.807, 2.05) is 26.1 Å². The van der Waals surface area contributed by atoms with Gasteiger partial charge in [-0.3, -0.25) is 0 Å². The number of nitrogens with one attached hydrogen (secondary N) is 1. The number of hydrogen-bond acceptors (Lipinski definition) is 4. The predicted octanol–water partition coefficient (Wildman–Crippen LogP) is 1.80. The molecular weight excluding hydrogens is 232 g/mol. The van der Waals surface area contributed by atoms with Gasteiger partial charge in [-0.15, -0.1) is 11.8 Å². The van der Waals surface area contributed by atoms with Crippen molar-refractivity contribution in [1.82, 2.24) is 10.3 Å². The van der Waals surface area contributed by atoms with Crippen LogP contribution in [0, 0.1) is 0 Å². The summed E-state index contributed by atoms with van der Waals surface area (Å²) in [5.41, 5.74) is -0.272. The lowest BCUT2D eigenvalue weighted by Gasteiger charge is -2.25. The summed E-state index contributed by atoms with van der Waals surface area (Å²) in [7, 11) is 1.84. The quantitative estimate of drug-likeness (QED) is 0.778. The summed E-state index contributed by atoms with van der Waals surface area (Å²) in [6.07, 6.45) is 1.62. The highest BCUT2D eigenvalue weighted by Gasteiger charge is 2.20. The van der Waals surface area contributed by atoms with Gasteiger partial charge in [-0.2, -0.15) is 0 Å². The molecule has 3 nitrogen and oxygen atoms in total. The smallest absolute Gasteiger partial charge is 0.0961 e. The third-order valence-electron chi connectivity index (χ3n) is 2.19. The average Bonchev–Trinajstić information content (AvgIpc) is 2.28. The van der Waals surface area contributed by atoms with Crippen LogP contribution in [0.25, 0.3) is 0 Å². The minimum atomic E-state index is -0.272. The van der Waals surface area contributed by atoms with Crippen LogP contribution in [0.2, 0.25) is 5.02 Å². The zero-order chi connectivity index (χ0) is 11.3. The molecule has 1 unspecified atom stereocenters. The summed E-state index contributed by atoms with van der Waals surface area (Å²) < 4.78 is 0. The topological polar surface area (TPSA) is 45.1 Å². The van der Waals surface area contributed by atoms with Crippen LogP contribution >= 0.6 is 23.4 Å². The van der Waals surface area contributed by atoms with Gasteiger partial charge in [0.15, 0.2) is 0 Å². The molecule has 0 aromatic carbocycles. The first-order valence-electron chi connectivity index (χ1n) is 4.64. The van der Waals surface area contributed by atoms with Gasteiger partial charge in [0.1, 0.15) is 0 Å². The van der Waals surface area contributed by atoms with Crippen molar-refractivity contribution in [2.24, 2.45) is 0 Å². The fourth-order valence-electron chi connectivity index (χ4n) is 0.878. The van der Waals surface area contributed by atoms with Crippen molar-refractivity contribution in [3.8, 4) is 0 Å². The Hall–Kier alpha value is -0.290. The van der Waals surface area contributed by atoms with Crippen molar-refractivity contribution >= 4 is 23.4 Å². The standard InChI is InChI=1S/C10H15ClN2OS/c1-10(6-14,12-2)7-15-9-4-3-8(11)5-13-9/h3-5,12,14H,6-7H2,1-2H3. The molecule has 2 N–H and O–H groups in total. The normalized spacial score (nSPS) is 14.9. The summed E-state index contributed by atoms with van der Waals surface area (Å²) in [6, 6.07) is 3.69. The van der Waals surface area contributed by atoms with E-state index in [1.54, 1.807) is 18.0 Å². The minimum absolute atomic E-state index is 0.101. The lowest BCUT2D eigenvalue weighted by Crippen LogP contribution is -2.45. The van der Waals surface area contributed by atoms with Crippen LogP contribution in [0.15, 0.2) is 23.4 Å². The second kappa shape index (κ2) is 5.70. The number of thioether (sulfide) groups is 1. The lowest BCUT2D eigenvalue weighted by atomic mass is 10.1. The molecule has 1 rings (SSSR count). The molecule has 1 aromatic heterocycles. The van der Waals surface area contributed by atoms with Gasteiger partial charge in [-0.1, -0.05) is 11.6 Å².